The van der Waals surface area contributed by atoms with Crippen molar-refractivity contribution in [3.8, 4) is 0 Å². The van der Waals surface area contributed by atoms with Gasteiger partial charge in [-0.05, 0) is 82.2 Å². The largest absolute Gasteiger partial charge is 0.348 e. The summed E-state index contributed by atoms with van der Waals surface area (Å²) in [7, 11) is 0. The summed E-state index contributed by atoms with van der Waals surface area (Å²) in [4.78, 5) is 17.4. The molecule has 2 aliphatic heterocycles. The predicted molar refractivity (Wildman–Crippen MR) is 147 cm³/mol. The Kier molecular flexibility index (Phi) is 7.87. The zero-order chi connectivity index (χ0) is 25.4. The summed E-state index contributed by atoms with van der Waals surface area (Å²) in [6, 6.07) is 1.88. The van der Waals surface area contributed by atoms with Crippen molar-refractivity contribution in [1.29, 1.82) is 0 Å². The van der Waals surface area contributed by atoms with E-state index in [1.807, 2.05) is 11.3 Å². The number of aromatic nitrogens is 3. The fourth-order valence-electron chi connectivity index (χ4n) is 7.12. The van der Waals surface area contributed by atoms with Crippen molar-refractivity contribution in [2.24, 2.45) is 5.92 Å². The van der Waals surface area contributed by atoms with Gasteiger partial charge in [0.1, 0.15) is 11.6 Å². The minimum Gasteiger partial charge on any atom is -0.348 e. The van der Waals surface area contributed by atoms with Gasteiger partial charge in [-0.1, -0.05) is 33.1 Å². The topological polar surface area (TPSA) is 63.1 Å². The van der Waals surface area contributed by atoms with E-state index < -0.39 is 0 Å². The van der Waals surface area contributed by atoms with E-state index in [0.29, 0.717) is 24.0 Å². The van der Waals surface area contributed by atoms with Crippen LogP contribution in [-0.4, -0.2) is 44.2 Å². The van der Waals surface area contributed by atoms with Crippen LogP contribution >= 0.6 is 11.3 Å². The Labute approximate surface area is 221 Å². The maximum absolute atomic E-state index is 13.3. The maximum Gasteiger partial charge on any atom is 0.223 e. The fraction of sp³-hybridized carbons (Fsp3) is 0.759. The molecule has 3 aliphatic rings. The molecule has 0 aromatic carbocycles. The van der Waals surface area contributed by atoms with Crippen LogP contribution in [-0.2, 0) is 4.79 Å². The van der Waals surface area contributed by atoms with Gasteiger partial charge in [0.05, 0.1) is 6.04 Å². The summed E-state index contributed by atoms with van der Waals surface area (Å²) >= 11 is 1.83. The Morgan fingerprint density at radius 2 is 1.72 bits per heavy atom. The number of hydrogen-bond donors (Lipinski definition) is 1. The quantitative estimate of drug-likeness (QED) is 0.446. The van der Waals surface area contributed by atoms with Crippen LogP contribution in [0.1, 0.15) is 124 Å². The number of carbonyl (C=O) groups is 1. The average Bonchev–Trinajstić information content (AvgIpc) is 3.49. The molecule has 3 fully saturated rings. The third-order valence-electron chi connectivity index (χ3n) is 9.24. The highest BCUT2D eigenvalue weighted by atomic mass is 32.1. The first-order valence-electron chi connectivity index (χ1n) is 14.4. The molecule has 1 amide bonds. The van der Waals surface area contributed by atoms with Gasteiger partial charge in [-0.2, -0.15) is 0 Å². The lowest BCUT2D eigenvalue weighted by molar-refractivity contribution is -0.126. The zero-order valence-corrected chi connectivity index (χ0v) is 23.7. The molecule has 6 nitrogen and oxygen atoms in total. The molecule has 36 heavy (non-hydrogen) atoms. The number of hydrogen-bond acceptors (Lipinski definition) is 5. The van der Waals surface area contributed by atoms with Crippen LogP contribution in [0, 0.1) is 26.7 Å². The number of rotatable bonds is 8. The average molecular weight is 512 g/mol. The molecule has 0 unspecified atom stereocenters. The summed E-state index contributed by atoms with van der Waals surface area (Å²) in [5.41, 5.74) is 2.71. The minimum absolute atomic E-state index is 0.128. The molecule has 0 radical (unpaired) electrons. The van der Waals surface area contributed by atoms with Gasteiger partial charge in [0.25, 0.3) is 0 Å². The van der Waals surface area contributed by atoms with E-state index in [1.54, 1.807) is 0 Å². The van der Waals surface area contributed by atoms with E-state index in [1.165, 1.54) is 60.9 Å². The van der Waals surface area contributed by atoms with Crippen LogP contribution in [0.3, 0.4) is 0 Å². The first-order chi connectivity index (χ1) is 17.3. The van der Waals surface area contributed by atoms with Gasteiger partial charge >= 0.3 is 0 Å². The Hall–Kier alpha value is -1.73. The van der Waals surface area contributed by atoms with Crippen LogP contribution in [0.15, 0.2) is 5.38 Å². The van der Waals surface area contributed by atoms with Crippen molar-refractivity contribution < 1.29 is 4.79 Å². The normalized spacial score (nSPS) is 26.0. The van der Waals surface area contributed by atoms with Crippen LogP contribution in [0.25, 0.3) is 0 Å². The minimum atomic E-state index is 0.128. The van der Waals surface area contributed by atoms with E-state index in [0.717, 1.165) is 37.5 Å². The molecule has 1 saturated carbocycles. The first kappa shape index (κ1) is 25.9. The fourth-order valence-corrected chi connectivity index (χ4v) is 8.28. The molecule has 1 N–H and O–H groups in total. The zero-order valence-electron chi connectivity index (χ0n) is 22.9. The molecule has 2 saturated heterocycles. The van der Waals surface area contributed by atoms with E-state index in [2.05, 4.69) is 65.0 Å². The Bertz CT molecular complexity index is 1040. The van der Waals surface area contributed by atoms with Crippen molar-refractivity contribution >= 4 is 17.2 Å². The molecule has 198 valence electrons. The van der Waals surface area contributed by atoms with Crippen LogP contribution in [0.5, 0.6) is 0 Å². The highest BCUT2D eigenvalue weighted by Crippen LogP contribution is 2.43. The third-order valence-corrected chi connectivity index (χ3v) is 10.6. The maximum atomic E-state index is 13.3. The molecular formula is C29H45N5OS. The summed E-state index contributed by atoms with van der Waals surface area (Å²) in [6.07, 6.45) is 11.7. The van der Waals surface area contributed by atoms with Gasteiger partial charge in [-0.3, -0.25) is 9.69 Å². The second-order valence-corrected chi connectivity index (χ2v) is 12.9. The number of nitrogens with one attached hydrogen (secondary N) is 1. The lowest BCUT2D eigenvalue weighted by atomic mass is 9.88. The van der Waals surface area contributed by atoms with Crippen molar-refractivity contribution in [1.82, 2.24) is 25.0 Å². The number of nitrogens with zero attached hydrogens (tertiary/aromatic N) is 4. The Morgan fingerprint density at radius 1 is 1.03 bits per heavy atom. The van der Waals surface area contributed by atoms with Crippen molar-refractivity contribution in [2.75, 3.05) is 6.54 Å². The number of fused-ring (bicyclic) bond motifs is 2. The Morgan fingerprint density at radius 3 is 2.33 bits per heavy atom. The molecule has 1 aliphatic carbocycles. The summed E-state index contributed by atoms with van der Waals surface area (Å²) in [6.45, 7) is 12.0. The molecule has 2 aromatic rings. The number of piperidine rings is 1. The lowest BCUT2D eigenvalue weighted by Gasteiger charge is -2.40. The molecule has 2 bridgehead atoms. The van der Waals surface area contributed by atoms with Gasteiger partial charge in [-0.15, -0.1) is 21.5 Å². The smallest absolute Gasteiger partial charge is 0.223 e. The molecule has 5 rings (SSSR count). The molecule has 0 spiro atoms. The number of thiophene rings is 1. The summed E-state index contributed by atoms with van der Waals surface area (Å²) in [5, 5.41) is 14.7. The van der Waals surface area contributed by atoms with E-state index in [4.69, 9.17) is 0 Å². The van der Waals surface area contributed by atoms with E-state index >= 15 is 0 Å². The van der Waals surface area contributed by atoms with Gasteiger partial charge in [-0.25, -0.2) is 0 Å². The number of aryl methyl sites for hydroxylation is 2. The van der Waals surface area contributed by atoms with Gasteiger partial charge in [0, 0.05) is 41.4 Å². The van der Waals surface area contributed by atoms with Gasteiger partial charge in [0.15, 0.2) is 0 Å². The molecular weight excluding hydrogens is 466 g/mol. The van der Waals surface area contributed by atoms with E-state index in [9.17, 15) is 4.79 Å². The number of amides is 1. The molecule has 4 atom stereocenters. The lowest BCUT2D eigenvalue weighted by Crippen LogP contribution is -2.45. The molecule has 4 heterocycles. The summed E-state index contributed by atoms with van der Waals surface area (Å²) < 4.78 is 2.44. The van der Waals surface area contributed by atoms with E-state index in [-0.39, 0.29) is 17.9 Å². The van der Waals surface area contributed by atoms with Crippen LogP contribution in [0.4, 0.5) is 0 Å². The predicted octanol–water partition coefficient (Wildman–Crippen LogP) is 6.38. The molecule has 7 heteroatoms. The molecule has 2 aromatic heterocycles. The first-order valence-corrected chi connectivity index (χ1v) is 15.2. The highest BCUT2D eigenvalue weighted by molar-refractivity contribution is 7.10. The third kappa shape index (κ3) is 5.15. The van der Waals surface area contributed by atoms with Crippen molar-refractivity contribution in [3.05, 3.63) is 33.0 Å². The van der Waals surface area contributed by atoms with Gasteiger partial charge in [0.2, 0.25) is 5.91 Å². The monoisotopic (exact) mass is 511 g/mol. The number of carbonyl (C=O) groups excluding carboxylic acids is 1. The second kappa shape index (κ2) is 10.9. The van der Waals surface area contributed by atoms with Crippen molar-refractivity contribution in [3.63, 3.8) is 0 Å². The summed E-state index contributed by atoms with van der Waals surface area (Å²) in [5.74, 6) is 3.09. The van der Waals surface area contributed by atoms with Crippen molar-refractivity contribution in [2.45, 2.75) is 129 Å². The van der Waals surface area contributed by atoms with Gasteiger partial charge < -0.3 is 9.88 Å². The SMILES string of the molecule is Cc1csc([C@H](CCN2[C@@H]3CC[C@H]2C[C@H](n2c(C)nnc2C(C)C)C3)NC(=O)C2CCCCC2)c1C. The Balaban J connectivity index is 1.27. The highest BCUT2D eigenvalue weighted by Gasteiger charge is 2.42. The standard InChI is InChI=1S/C29H45N5OS/c1-18(2)28-32-31-21(5)34(28)25-15-23-11-12-24(16-25)33(23)14-13-26(27-20(4)19(3)17-36-27)30-29(35)22-9-7-6-8-10-22/h17-18,22-26H,6-16H2,1-5H3,(H,30,35)/t23-,24+,25-,26-/m0/s1. The van der Waals surface area contributed by atoms with Crippen LogP contribution in [0.2, 0.25) is 0 Å². The van der Waals surface area contributed by atoms with Crippen LogP contribution < -0.4 is 5.32 Å². The second-order valence-electron chi connectivity index (χ2n) is 12.0.